The van der Waals surface area contributed by atoms with Crippen LogP contribution in [0.25, 0.3) is 6.08 Å². The molecule has 3 aromatic rings. The van der Waals surface area contributed by atoms with E-state index >= 15 is 0 Å². The summed E-state index contributed by atoms with van der Waals surface area (Å²) < 4.78 is 7.35. The Labute approximate surface area is 211 Å². The number of carbonyl (C=O) groups is 3. The van der Waals surface area contributed by atoms with Gasteiger partial charge in [0.1, 0.15) is 17.9 Å². The fraction of sp³-hybridized carbons (Fsp3) is 0.0417. The van der Waals surface area contributed by atoms with Crippen LogP contribution in [-0.2, 0) is 16.2 Å². The van der Waals surface area contributed by atoms with E-state index < -0.39 is 17.8 Å². The number of hydrogen-bond donors (Lipinski definition) is 1. The van der Waals surface area contributed by atoms with Gasteiger partial charge in [0.25, 0.3) is 11.8 Å². The maximum Gasteiger partial charge on any atom is 0.335 e. The molecule has 1 saturated heterocycles. The van der Waals surface area contributed by atoms with Gasteiger partial charge in [-0.3, -0.25) is 14.9 Å². The molecule has 33 heavy (non-hydrogen) atoms. The van der Waals surface area contributed by atoms with E-state index in [2.05, 4.69) is 37.2 Å². The fourth-order valence-electron chi connectivity index (χ4n) is 3.23. The summed E-state index contributed by atoms with van der Waals surface area (Å²) in [7, 11) is 0. The third kappa shape index (κ3) is 5.03. The molecule has 9 heteroatoms. The van der Waals surface area contributed by atoms with Crippen molar-refractivity contribution in [3.8, 4) is 5.75 Å². The zero-order chi connectivity index (χ0) is 23.5. The summed E-state index contributed by atoms with van der Waals surface area (Å²) in [5, 5.41) is 2.40. The highest BCUT2D eigenvalue weighted by Crippen LogP contribution is 2.36. The van der Waals surface area contributed by atoms with Gasteiger partial charge >= 0.3 is 6.03 Å². The van der Waals surface area contributed by atoms with Crippen LogP contribution in [0.4, 0.5) is 10.5 Å². The number of benzene rings is 3. The molecule has 0 aromatic heterocycles. The first-order valence-corrected chi connectivity index (χ1v) is 11.6. The lowest BCUT2D eigenvalue weighted by Gasteiger charge is -2.27. The standard InChI is InChI=1S/C24H15Br2ClN2O4/c25-16-10-15(21(18(26)12-16)33-13-14-6-2-1-3-7-14)11-17-22(30)28-24(32)29(23(17)31)20-9-5-4-8-19(20)27/h1-12H,13H2,(H,28,30,32)/b17-11+. The minimum Gasteiger partial charge on any atom is -0.487 e. The molecule has 166 valence electrons. The number of imide groups is 2. The summed E-state index contributed by atoms with van der Waals surface area (Å²) >= 11 is 13.1. The van der Waals surface area contributed by atoms with E-state index in [1.165, 1.54) is 12.1 Å². The zero-order valence-corrected chi connectivity index (χ0v) is 20.8. The number of carbonyl (C=O) groups excluding carboxylic acids is 3. The minimum atomic E-state index is -0.869. The second kappa shape index (κ2) is 9.91. The highest BCUT2D eigenvalue weighted by atomic mass is 79.9. The topological polar surface area (TPSA) is 75.7 Å². The molecule has 1 N–H and O–H groups in total. The molecule has 1 fully saturated rings. The molecule has 6 nitrogen and oxygen atoms in total. The van der Waals surface area contributed by atoms with Gasteiger partial charge in [-0.05, 0) is 51.8 Å². The van der Waals surface area contributed by atoms with Crippen LogP contribution in [0, 0.1) is 0 Å². The van der Waals surface area contributed by atoms with Crippen molar-refractivity contribution in [1.29, 1.82) is 0 Å². The van der Waals surface area contributed by atoms with E-state index in [0.29, 0.717) is 20.3 Å². The second-order valence-electron chi connectivity index (χ2n) is 6.99. The Hall–Kier alpha value is -2.94. The van der Waals surface area contributed by atoms with Crippen molar-refractivity contribution in [2.75, 3.05) is 4.90 Å². The summed E-state index contributed by atoms with van der Waals surface area (Å²) in [6, 6.07) is 18.6. The summed E-state index contributed by atoms with van der Waals surface area (Å²) in [5.74, 6) is -1.16. The lowest BCUT2D eigenvalue weighted by Crippen LogP contribution is -2.54. The first-order valence-electron chi connectivity index (χ1n) is 9.67. The first kappa shape index (κ1) is 23.2. The number of urea groups is 1. The van der Waals surface area contributed by atoms with Crippen molar-refractivity contribution >= 4 is 73.1 Å². The molecule has 0 saturated carbocycles. The van der Waals surface area contributed by atoms with Crippen LogP contribution in [0.5, 0.6) is 5.75 Å². The van der Waals surface area contributed by atoms with Gasteiger partial charge in [-0.1, -0.05) is 70.0 Å². The van der Waals surface area contributed by atoms with Crippen molar-refractivity contribution in [1.82, 2.24) is 5.32 Å². The Morgan fingerprint density at radius 3 is 2.39 bits per heavy atom. The summed E-state index contributed by atoms with van der Waals surface area (Å²) in [4.78, 5) is 39.1. The summed E-state index contributed by atoms with van der Waals surface area (Å²) in [6.07, 6.45) is 1.39. The summed E-state index contributed by atoms with van der Waals surface area (Å²) in [5.41, 5.74) is 1.37. The molecule has 0 unspecified atom stereocenters. The second-order valence-corrected chi connectivity index (χ2v) is 9.17. The van der Waals surface area contributed by atoms with Crippen molar-refractivity contribution in [2.24, 2.45) is 0 Å². The molecule has 0 radical (unpaired) electrons. The fourth-order valence-corrected chi connectivity index (χ4v) is 4.83. The lowest BCUT2D eigenvalue weighted by molar-refractivity contribution is -0.122. The van der Waals surface area contributed by atoms with Crippen LogP contribution in [0.15, 0.2) is 81.2 Å². The third-order valence-electron chi connectivity index (χ3n) is 4.76. The van der Waals surface area contributed by atoms with Crippen LogP contribution >= 0.6 is 43.5 Å². The predicted octanol–water partition coefficient (Wildman–Crippen LogP) is 6.11. The van der Waals surface area contributed by atoms with Gasteiger partial charge < -0.3 is 4.74 Å². The maximum atomic E-state index is 13.2. The van der Waals surface area contributed by atoms with Gasteiger partial charge in [-0.15, -0.1) is 0 Å². The molecular weight excluding hydrogens is 576 g/mol. The maximum absolute atomic E-state index is 13.2. The molecule has 4 rings (SSSR count). The van der Waals surface area contributed by atoms with Crippen molar-refractivity contribution in [2.45, 2.75) is 6.61 Å². The SMILES string of the molecule is O=C1NC(=O)N(c2ccccc2Cl)C(=O)/C1=C/c1cc(Br)cc(Br)c1OCc1ccccc1. The molecule has 0 bridgehead atoms. The van der Waals surface area contributed by atoms with Gasteiger partial charge in [0, 0.05) is 10.0 Å². The molecule has 0 spiro atoms. The number of rotatable bonds is 5. The number of barbiturate groups is 1. The number of nitrogens with one attached hydrogen (secondary N) is 1. The smallest absolute Gasteiger partial charge is 0.335 e. The van der Waals surface area contributed by atoms with Crippen molar-refractivity contribution in [3.63, 3.8) is 0 Å². The number of para-hydroxylation sites is 1. The van der Waals surface area contributed by atoms with Crippen LogP contribution in [0.2, 0.25) is 5.02 Å². The number of nitrogens with zero attached hydrogens (tertiary/aromatic N) is 1. The quantitative estimate of drug-likeness (QED) is 0.288. The number of hydrogen-bond acceptors (Lipinski definition) is 4. The van der Waals surface area contributed by atoms with Crippen molar-refractivity contribution < 1.29 is 19.1 Å². The van der Waals surface area contributed by atoms with Crippen LogP contribution in [0.1, 0.15) is 11.1 Å². The van der Waals surface area contributed by atoms with E-state index in [1.807, 2.05) is 30.3 Å². The average molecular weight is 591 g/mol. The van der Waals surface area contributed by atoms with Crippen molar-refractivity contribution in [3.05, 3.63) is 97.4 Å². The zero-order valence-electron chi connectivity index (χ0n) is 16.8. The van der Waals surface area contributed by atoms with Crippen LogP contribution < -0.4 is 15.0 Å². The predicted molar refractivity (Wildman–Crippen MR) is 133 cm³/mol. The van der Waals surface area contributed by atoms with E-state index in [-0.39, 0.29) is 22.9 Å². The molecule has 0 atom stereocenters. The van der Waals surface area contributed by atoms with Gasteiger partial charge in [0.05, 0.1) is 15.2 Å². The van der Waals surface area contributed by atoms with E-state index in [4.69, 9.17) is 16.3 Å². The molecule has 1 aliphatic heterocycles. The van der Waals surface area contributed by atoms with Gasteiger partial charge in [-0.2, -0.15) is 0 Å². The monoisotopic (exact) mass is 588 g/mol. The Morgan fingerprint density at radius 2 is 1.67 bits per heavy atom. The normalized spacial score (nSPS) is 15.1. The Balaban J connectivity index is 1.74. The molecule has 4 amide bonds. The van der Waals surface area contributed by atoms with Gasteiger partial charge in [-0.25, -0.2) is 9.69 Å². The van der Waals surface area contributed by atoms with E-state index in [1.54, 1.807) is 30.3 Å². The minimum absolute atomic E-state index is 0.177. The molecule has 1 heterocycles. The number of ether oxygens (including phenoxy) is 1. The molecule has 0 aliphatic carbocycles. The van der Waals surface area contributed by atoms with E-state index in [0.717, 1.165) is 10.5 Å². The molecule has 1 aliphatic rings. The molecular formula is C24H15Br2ClN2O4. The van der Waals surface area contributed by atoms with E-state index in [9.17, 15) is 14.4 Å². The Morgan fingerprint density at radius 1 is 0.970 bits per heavy atom. The number of amides is 4. The van der Waals surface area contributed by atoms with Crippen LogP contribution in [-0.4, -0.2) is 17.8 Å². The van der Waals surface area contributed by atoms with Crippen LogP contribution in [0.3, 0.4) is 0 Å². The average Bonchev–Trinajstić information content (AvgIpc) is 2.78. The van der Waals surface area contributed by atoms with Gasteiger partial charge in [0.15, 0.2) is 0 Å². The highest BCUT2D eigenvalue weighted by molar-refractivity contribution is 9.11. The Bertz CT molecular complexity index is 1290. The lowest BCUT2D eigenvalue weighted by atomic mass is 10.1. The first-order chi connectivity index (χ1) is 15.8. The number of anilines is 1. The third-order valence-corrected chi connectivity index (χ3v) is 6.12. The largest absolute Gasteiger partial charge is 0.487 e. The Kier molecular flexibility index (Phi) is 6.97. The summed E-state index contributed by atoms with van der Waals surface area (Å²) in [6.45, 7) is 0.279. The number of halogens is 3. The molecule has 3 aromatic carbocycles. The highest BCUT2D eigenvalue weighted by Gasteiger charge is 2.37. The van der Waals surface area contributed by atoms with Gasteiger partial charge in [0.2, 0.25) is 0 Å².